The Balaban J connectivity index is 2.51. The van der Waals surface area contributed by atoms with Gasteiger partial charge in [0.25, 0.3) is 0 Å². The fourth-order valence-electron chi connectivity index (χ4n) is 1.40. The molecule has 0 aliphatic rings. The monoisotopic (exact) mass is 300 g/mol. The molecule has 5 heteroatoms. The molecule has 1 aromatic carbocycles. The zero-order chi connectivity index (χ0) is 12.7. The first-order valence-corrected chi connectivity index (χ1v) is 6.30. The maximum Gasteiger partial charge on any atom is 0.224 e. The fraction of sp³-hybridized carbons (Fsp3) is 0.417. The van der Waals surface area contributed by atoms with Gasteiger partial charge in [0.15, 0.2) is 0 Å². The van der Waals surface area contributed by atoms with Gasteiger partial charge < -0.3 is 15.8 Å². The standard InChI is InChI=1S/C12H17BrN2O2/c1-17-11-6-5-9(8-10(11)13)15-12(16)4-2-3-7-14/h5-6,8H,2-4,7,14H2,1H3,(H,15,16). The molecule has 0 aromatic heterocycles. The van der Waals surface area contributed by atoms with E-state index in [-0.39, 0.29) is 5.91 Å². The Morgan fingerprint density at radius 2 is 2.24 bits per heavy atom. The summed E-state index contributed by atoms with van der Waals surface area (Å²) in [6, 6.07) is 5.43. The lowest BCUT2D eigenvalue weighted by Crippen LogP contribution is -2.12. The van der Waals surface area contributed by atoms with Gasteiger partial charge in [-0.1, -0.05) is 0 Å². The lowest BCUT2D eigenvalue weighted by molar-refractivity contribution is -0.116. The second-order valence-corrected chi connectivity index (χ2v) is 4.50. The first kappa shape index (κ1) is 14.0. The Kier molecular flexibility index (Phi) is 6.00. The maximum atomic E-state index is 11.6. The number of rotatable bonds is 6. The molecule has 0 fully saturated rings. The average Bonchev–Trinajstić information content (AvgIpc) is 2.29. The third kappa shape index (κ3) is 4.75. The van der Waals surface area contributed by atoms with Crippen molar-refractivity contribution >= 4 is 27.5 Å². The average molecular weight is 301 g/mol. The van der Waals surface area contributed by atoms with E-state index < -0.39 is 0 Å². The van der Waals surface area contributed by atoms with Crippen molar-refractivity contribution in [2.75, 3.05) is 19.0 Å². The smallest absolute Gasteiger partial charge is 0.224 e. The molecular formula is C12H17BrN2O2. The van der Waals surface area contributed by atoms with Crippen molar-refractivity contribution in [2.24, 2.45) is 5.73 Å². The van der Waals surface area contributed by atoms with Crippen molar-refractivity contribution in [3.05, 3.63) is 22.7 Å². The number of benzene rings is 1. The second-order valence-electron chi connectivity index (χ2n) is 3.64. The Labute approximate surface area is 110 Å². The van der Waals surface area contributed by atoms with Gasteiger partial charge in [-0.15, -0.1) is 0 Å². The molecule has 0 aliphatic heterocycles. The van der Waals surface area contributed by atoms with Crippen LogP contribution in [-0.2, 0) is 4.79 Å². The molecular weight excluding hydrogens is 284 g/mol. The molecule has 0 atom stereocenters. The highest BCUT2D eigenvalue weighted by molar-refractivity contribution is 9.10. The van der Waals surface area contributed by atoms with Gasteiger partial charge in [0, 0.05) is 12.1 Å². The number of nitrogens with two attached hydrogens (primary N) is 1. The molecule has 1 aromatic rings. The molecule has 0 saturated carbocycles. The molecule has 1 rings (SSSR count). The molecule has 0 bridgehead atoms. The Morgan fingerprint density at radius 3 is 2.82 bits per heavy atom. The van der Waals surface area contributed by atoms with Crippen LogP contribution in [0.5, 0.6) is 5.75 Å². The van der Waals surface area contributed by atoms with E-state index in [1.165, 1.54) is 0 Å². The second kappa shape index (κ2) is 7.29. The van der Waals surface area contributed by atoms with Gasteiger partial charge >= 0.3 is 0 Å². The Morgan fingerprint density at radius 1 is 1.47 bits per heavy atom. The summed E-state index contributed by atoms with van der Waals surface area (Å²) in [7, 11) is 1.60. The van der Waals surface area contributed by atoms with Gasteiger partial charge in [-0.05, 0) is 53.5 Å². The van der Waals surface area contributed by atoms with Gasteiger partial charge in [-0.3, -0.25) is 4.79 Å². The summed E-state index contributed by atoms with van der Waals surface area (Å²) in [5.41, 5.74) is 6.13. The molecule has 0 radical (unpaired) electrons. The number of amides is 1. The summed E-state index contributed by atoms with van der Waals surface area (Å²) < 4.78 is 5.93. The van der Waals surface area contributed by atoms with Crippen molar-refractivity contribution in [3.8, 4) is 5.75 Å². The molecule has 3 N–H and O–H groups in total. The highest BCUT2D eigenvalue weighted by Gasteiger charge is 2.05. The summed E-state index contributed by atoms with van der Waals surface area (Å²) >= 11 is 3.37. The predicted molar refractivity (Wildman–Crippen MR) is 72.2 cm³/mol. The Hall–Kier alpha value is -1.07. The lowest BCUT2D eigenvalue weighted by Gasteiger charge is -2.08. The number of unbranched alkanes of at least 4 members (excludes halogenated alkanes) is 1. The molecule has 0 spiro atoms. The quantitative estimate of drug-likeness (QED) is 0.794. The molecule has 4 nitrogen and oxygen atoms in total. The Bertz CT molecular complexity index is 383. The van der Waals surface area contributed by atoms with E-state index in [9.17, 15) is 4.79 Å². The van der Waals surface area contributed by atoms with Crippen LogP contribution in [0.1, 0.15) is 19.3 Å². The minimum Gasteiger partial charge on any atom is -0.496 e. The van der Waals surface area contributed by atoms with E-state index in [1.54, 1.807) is 13.2 Å². The van der Waals surface area contributed by atoms with E-state index >= 15 is 0 Å². The van der Waals surface area contributed by atoms with Gasteiger partial charge in [-0.2, -0.15) is 0 Å². The first-order chi connectivity index (χ1) is 8.17. The van der Waals surface area contributed by atoms with E-state index in [0.29, 0.717) is 13.0 Å². The molecule has 0 saturated heterocycles. The van der Waals surface area contributed by atoms with Crippen LogP contribution in [0.25, 0.3) is 0 Å². The zero-order valence-corrected chi connectivity index (χ0v) is 11.4. The van der Waals surface area contributed by atoms with Crippen molar-refractivity contribution in [3.63, 3.8) is 0 Å². The highest BCUT2D eigenvalue weighted by Crippen LogP contribution is 2.27. The van der Waals surface area contributed by atoms with Gasteiger partial charge in [-0.25, -0.2) is 0 Å². The third-order valence-corrected chi connectivity index (χ3v) is 2.91. The topological polar surface area (TPSA) is 64.3 Å². The summed E-state index contributed by atoms with van der Waals surface area (Å²) in [5, 5.41) is 2.83. The molecule has 0 aliphatic carbocycles. The van der Waals surface area contributed by atoms with Gasteiger partial charge in [0.2, 0.25) is 5.91 Å². The van der Waals surface area contributed by atoms with Crippen LogP contribution >= 0.6 is 15.9 Å². The largest absolute Gasteiger partial charge is 0.496 e. The predicted octanol–water partition coefficient (Wildman–Crippen LogP) is 2.53. The highest BCUT2D eigenvalue weighted by atomic mass is 79.9. The van der Waals surface area contributed by atoms with E-state index in [1.807, 2.05) is 12.1 Å². The maximum absolute atomic E-state index is 11.6. The minimum atomic E-state index is 0.00974. The van der Waals surface area contributed by atoms with Crippen LogP contribution in [0.2, 0.25) is 0 Å². The van der Waals surface area contributed by atoms with Gasteiger partial charge in [0.05, 0.1) is 11.6 Å². The van der Waals surface area contributed by atoms with Crippen LogP contribution in [0.4, 0.5) is 5.69 Å². The molecule has 0 unspecified atom stereocenters. The number of anilines is 1. The van der Waals surface area contributed by atoms with Crippen LogP contribution in [0.3, 0.4) is 0 Å². The van der Waals surface area contributed by atoms with Crippen LogP contribution in [0, 0.1) is 0 Å². The van der Waals surface area contributed by atoms with Crippen LogP contribution in [-0.4, -0.2) is 19.6 Å². The summed E-state index contributed by atoms with van der Waals surface area (Å²) in [5.74, 6) is 0.752. The summed E-state index contributed by atoms with van der Waals surface area (Å²) in [6.07, 6.45) is 2.19. The first-order valence-electron chi connectivity index (χ1n) is 5.51. The number of halogens is 1. The molecule has 1 amide bonds. The van der Waals surface area contributed by atoms with Crippen LogP contribution in [0.15, 0.2) is 22.7 Å². The molecule has 17 heavy (non-hydrogen) atoms. The molecule has 94 valence electrons. The number of hydrogen-bond acceptors (Lipinski definition) is 3. The summed E-state index contributed by atoms with van der Waals surface area (Å²) in [6.45, 7) is 0.626. The van der Waals surface area contributed by atoms with Crippen molar-refractivity contribution < 1.29 is 9.53 Å². The number of nitrogens with one attached hydrogen (secondary N) is 1. The number of carbonyl (C=O) groups is 1. The fourth-order valence-corrected chi connectivity index (χ4v) is 1.94. The van der Waals surface area contributed by atoms with Crippen molar-refractivity contribution in [1.29, 1.82) is 0 Å². The van der Waals surface area contributed by atoms with E-state index in [2.05, 4.69) is 21.2 Å². The van der Waals surface area contributed by atoms with Crippen molar-refractivity contribution in [1.82, 2.24) is 0 Å². The summed E-state index contributed by atoms with van der Waals surface area (Å²) in [4.78, 5) is 11.6. The normalized spacial score (nSPS) is 10.1. The SMILES string of the molecule is COc1ccc(NC(=O)CCCCN)cc1Br. The van der Waals surface area contributed by atoms with E-state index in [4.69, 9.17) is 10.5 Å². The van der Waals surface area contributed by atoms with E-state index in [0.717, 1.165) is 28.8 Å². The number of carbonyl (C=O) groups excluding carboxylic acids is 1. The molecule has 0 heterocycles. The number of hydrogen-bond donors (Lipinski definition) is 2. The minimum absolute atomic E-state index is 0.00974. The lowest BCUT2D eigenvalue weighted by atomic mass is 10.2. The third-order valence-electron chi connectivity index (χ3n) is 2.29. The number of methoxy groups -OCH3 is 1. The van der Waals surface area contributed by atoms with Crippen molar-refractivity contribution in [2.45, 2.75) is 19.3 Å². The number of ether oxygens (including phenoxy) is 1. The van der Waals surface area contributed by atoms with Gasteiger partial charge in [0.1, 0.15) is 5.75 Å². The zero-order valence-electron chi connectivity index (χ0n) is 9.83. The van der Waals surface area contributed by atoms with Crippen LogP contribution < -0.4 is 15.8 Å².